The number of hydrogen-bond donors (Lipinski definition) is 1. The monoisotopic (exact) mass is 308 g/mol. The van der Waals surface area contributed by atoms with Crippen molar-refractivity contribution in [2.24, 2.45) is 11.8 Å². The molecule has 0 saturated carbocycles. The third-order valence-corrected chi connectivity index (χ3v) is 3.81. The topological polar surface area (TPSA) is 54.2 Å². The lowest BCUT2D eigenvalue weighted by Gasteiger charge is -2.13. The summed E-state index contributed by atoms with van der Waals surface area (Å²) in [6, 6.07) is 0. The molecule has 3 rings (SSSR count). The van der Waals surface area contributed by atoms with Crippen LogP contribution < -0.4 is 5.32 Å². The van der Waals surface area contributed by atoms with Crippen molar-refractivity contribution in [2.45, 2.75) is 26.3 Å². The van der Waals surface area contributed by atoms with E-state index in [1.807, 2.05) is 0 Å². The lowest BCUT2D eigenvalue weighted by molar-refractivity contribution is 0.288. The van der Waals surface area contributed by atoms with Gasteiger partial charge in [-0.1, -0.05) is 19.0 Å². The first kappa shape index (κ1) is 16.7. The largest absolute Gasteiger partial charge is 0.339 e. The average Bonchev–Trinajstić information content (AvgIpc) is 2.91. The van der Waals surface area contributed by atoms with E-state index in [9.17, 15) is 0 Å². The Kier molecular flexibility index (Phi) is 6.05. The Labute approximate surface area is 126 Å². The highest BCUT2D eigenvalue weighted by molar-refractivity contribution is 5.85. The van der Waals surface area contributed by atoms with Gasteiger partial charge in [0, 0.05) is 19.0 Å². The van der Waals surface area contributed by atoms with Crippen molar-refractivity contribution in [3.63, 3.8) is 0 Å². The quantitative estimate of drug-likeness (QED) is 0.921. The molecule has 0 radical (unpaired) electrons. The maximum Gasteiger partial charge on any atom is 0.229 e. The van der Waals surface area contributed by atoms with Crippen LogP contribution in [0.2, 0.25) is 0 Å². The average molecular weight is 309 g/mol. The minimum absolute atomic E-state index is 0. The summed E-state index contributed by atoms with van der Waals surface area (Å²) in [6.45, 7) is 9.66. The van der Waals surface area contributed by atoms with E-state index in [-0.39, 0.29) is 24.8 Å². The maximum absolute atomic E-state index is 5.23. The van der Waals surface area contributed by atoms with Crippen LogP contribution in [-0.4, -0.2) is 41.2 Å². The molecular formula is C12H22Cl2N4O. The lowest BCUT2D eigenvalue weighted by atomic mass is 10.0. The van der Waals surface area contributed by atoms with Gasteiger partial charge in [-0.15, -0.1) is 24.8 Å². The molecule has 2 saturated heterocycles. The second kappa shape index (κ2) is 6.88. The summed E-state index contributed by atoms with van der Waals surface area (Å²) in [5.74, 6) is 3.55. The van der Waals surface area contributed by atoms with Gasteiger partial charge in [0.25, 0.3) is 0 Å². The number of fused-ring (bicyclic) bond motifs is 1. The summed E-state index contributed by atoms with van der Waals surface area (Å²) >= 11 is 0. The van der Waals surface area contributed by atoms with E-state index in [0.717, 1.165) is 30.1 Å². The first-order valence-corrected chi connectivity index (χ1v) is 6.48. The maximum atomic E-state index is 5.23. The number of aromatic nitrogens is 2. The minimum Gasteiger partial charge on any atom is -0.339 e. The number of halogens is 2. The molecule has 0 aliphatic carbocycles. The van der Waals surface area contributed by atoms with Crippen LogP contribution in [0.15, 0.2) is 4.52 Å². The molecule has 7 heteroatoms. The molecule has 3 heterocycles. The van der Waals surface area contributed by atoms with Gasteiger partial charge < -0.3 is 9.84 Å². The zero-order valence-corrected chi connectivity index (χ0v) is 13.0. The van der Waals surface area contributed by atoms with E-state index >= 15 is 0 Å². The highest BCUT2D eigenvalue weighted by atomic mass is 35.5. The number of nitrogens with one attached hydrogen (secondary N) is 1. The number of nitrogens with zero attached hydrogens (tertiary/aromatic N) is 3. The van der Waals surface area contributed by atoms with Gasteiger partial charge in [0.15, 0.2) is 5.82 Å². The van der Waals surface area contributed by atoms with Crippen LogP contribution in [0.5, 0.6) is 0 Å². The molecule has 2 unspecified atom stereocenters. The van der Waals surface area contributed by atoms with E-state index in [1.54, 1.807) is 0 Å². The van der Waals surface area contributed by atoms with Crippen LogP contribution in [0.3, 0.4) is 0 Å². The van der Waals surface area contributed by atoms with Crippen molar-refractivity contribution in [3.05, 3.63) is 11.7 Å². The minimum atomic E-state index is 0. The summed E-state index contributed by atoms with van der Waals surface area (Å²) < 4.78 is 5.23. The summed E-state index contributed by atoms with van der Waals surface area (Å²) in [7, 11) is 0. The predicted octanol–water partition coefficient (Wildman–Crippen LogP) is 1.69. The molecule has 1 N–H and O–H groups in total. The fraction of sp³-hybridized carbons (Fsp3) is 0.833. The Balaban J connectivity index is 0.000000902. The van der Waals surface area contributed by atoms with Crippen molar-refractivity contribution < 1.29 is 4.52 Å². The van der Waals surface area contributed by atoms with Gasteiger partial charge >= 0.3 is 0 Å². The van der Waals surface area contributed by atoms with Crippen molar-refractivity contribution in [2.75, 3.05) is 26.2 Å². The van der Waals surface area contributed by atoms with Crippen LogP contribution in [0.25, 0.3) is 0 Å². The second-order valence-corrected chi connectivity index (χ2v) is 5.58. The third-order valence-electron chi connectivity index (χ3n) is 3.81. The molecule has 5 nitrogen and oxygen atoms in total. The second-order valence-electron chi connectivity index (χ2n) is 5.58. The van der Waals surface area contributed by atoms with E-state index in [1.165, 1.54) is 26.2 Å². The number of likely N-dealkylation sites (tertiary alicyclic amines) is 1. The van der Waals surface area contributed by atoms with E-state index in [4.69, 9.17) is 4.52 Å². The van der Waals surface area contributed by atoms with Crippen LogP contribution in [0, 0.1) is 11.8 Å². The predicted molar refractivity (Wildman–Crippen MR) is 78.0 cm³/mol. The van der Waals surface area contributed by atoms with Crippen LogP contribution in [0.1, 0.15) is 31.5 Å². The molecule has 0 aromatic carbocycles. The molecule has 2 aliphatic rings. The molecule has 2 atom stereocenters. The molecule has 1 aromatic rings. The summed E-state index contributed by atoms with van der Waals surface area (Å²) in [5.41, 5.74) is 0. The third kappa shape index (κ3) is 3.60. The molecular weight excluding hydrogens is 287 g/mol. The molecule has 2 fully saturated rings. The van der Waals surface area contributed by atoms with Crippen molar-refractivity contribution >= 4 is 24.8 Å². The number of hydrogen-bond acceptors (Lipinski definition) is 5. The van der Waals surface area contributed by atoms with E-state index < -0.39 is 0 Å². The molecule has 0 bridgehead atoms. The molecule has 2 aliphatic heterocycles. The first-order chi connectivity index (χ1) is 8.22. The van der Waals surface area contributed by atoms with Crippen molar-refractivity contribution in [1.82, 2.24) is 20.4 Å². The number of rotatable bonds is 3. The van der Waals surface area contributed by atoms with Gasteiger partial charge in [-0.05, 0) is 24.9 Å². The highest BCUT2D eigenvalue weighted by Gasteiger charge is 2.36. The smallest absolute Gasteiger partial charge is 0.229 e. The Hall–Kier alpha value is -0.360. The van der Waals surface area contributed by atoms with E-state index in [0.29, 0.717) is 5.92 Å². The van der Waals surface area contributed by atoms with Gasteiger partial charge in [0.1, 0.15) is 0 Å². The normalized spacial score (nSPS) is 26.1. The SMILES string of the molecule is CC(C)c1nc(CN2CC3CNCC3C2)no1.Cl.Cl. The lowest BCUT2D eigenvalue weighted by Crippen LogP contribution is -2.25. The molecule has 1 aromatic heterocycles. The van der Waals surface area contributed by atoms with Crippen LogP contribution in [-0.2, 0) is 6.54 Å². The zero-order valence-electron chi connectivity index (χ0n) is 11.3. The Morgan fingerprint density at radius 1 is 1.26 bits per heavy atom. The highest BCUT2D eigenvalue weighted by Crippen LogP contribution is 2.27. The van der Waals surface area contributed by atoms with Gasteiger partial charge in [-0.25, -0.2) is 0 Å². The van der Waals surface area contributed by atoms with Crippen LogP contribution in [0.4, 0.5) is 0 Å². The van der Waals surface area contributed by atoms with Crippen LogP contribution >= 0.6 is 24.8 Å². The first-order valence-electron chi connectivity index (χ1n) is 6.48. The van der Waals surface area contributed by atoms with Gasteiger partial charge in [-0.3, -0.25) is 4.90 Å². The van der Waals surface area contributed by atoms with Gasteiger partial charge in [-0.2, -0.15) is 4.98 Å². The Bertz CT molecular complexity index is 387. The van der Waals surface area contributed by atoms with Gasteiger partial charge in [0.2, 0.25) is 5.89 Å². The van der Waals surface area contributed by atoms with Gasteiger partial charge in [0.05, 0.1) is 6.54 Å². The van der Waals surface area contributed by atoms with Crippen molar-refractivity contribution in [1.29, 1.82) is 0 Å². The standard InChI is InChI=1S/C12H20N4O.2ClH/c1-8(2)12-14-11(15-17-12)7-16-5-9-3-13-4-10(9)6-16;;/h8-10,13H,3-7H2,1-2H3;2*1H. The Morgan fingerprint density at radius 2 is 1.89 bits per heavy atom. The molecule has 110 valence electrons. The summed E-state index contributed by atoms with van der Waals surface area (Å²) in [5, 5.41) is 7.50. The molecule has 19 heavy (non-hydrogen) atoms. The fourth-order valence-electron chi connectivity index (χ4n) is 2.85. The van der Waals surface area contributed by atoms with E-state index in [2.05, 4.69) is 34.2 Å². The molecule has 0 amide bonds. The Morgan fingerprint density at radius 3 is 2.42 bits per heavy atom. The fourth-order valence-corrected chi connectivity index (χ4v) is 2.85. The van der Waals surface area contributed by atoms with Crippen molar-refractivity contribution in [3.8, 4) is 0 Å². The summed E-state index contributed by atoms with van der Waals surface area (Å²) in [6.07, 6.45) is 0. The molecule has 0 spiro atoms. The zero-order chi connectivity index (χ0) is 11.8. The summed E-state index contributed by atoms with van der Waals surface area (Å²) in [4.78, 5) is 6.88.